The van der Waals surface area contributed by atoms with Crippen molar-refractivity contribution in [2.45, 2.75) is 4.90 Å². The molecule has 4 heteroatoms. The van der Waals surface area contributed by atoms with Crippen molar-refractivity contribution in [3.63, 3.8) is 0 Å². The van der Waals surface area contributed by atoms with Gasteiger partial charge >= 0.3 is 0 Å². The number of anilines is 2. The molecule has 0 amide bonds. The van der Waals surface area contributed by atoms with Gasteiger partial charge in [-0.05, 0) is 24.5 Å². The van der Waals surface area contributed by atoms with Crippen molar-refractivity contribution in [1.82, 2.24) is 0 Å². The predicted octanol–water partition coefficient (Wildman–Crippen LogP) is 1.28. The molecule has 1 rings (SSSR count). The number of hydrogen-bond donors (Lipinski definition) is 3. The second-order valence-electron chi connectivity index (χ2n) is 2.10. The minimum absolute atomic E-state index is 0.757. The van der Waals surface area contributed by atoms with Crippen LogP contribution >= 0.6 is 11.8 Å². The Labute approximate surface area is 70.1 Å². The molecule has 0 aliphatic carbocycles. The van der Waals surface area contributed by atoms with E-state index in [0.717, 1.165) is 16.3 Å². The minimum Gasteiger partial charge on any atom is -0.398 e. The van der Waals surface area contributed by atoms with Crippen LogP contribution in [0.25, 0.3) is 0 Å². The summed E-state index contributed by atoms with van der Waals surface area (Å²) in [6, 6.07) is 5.64. The molecule has 0 aromatic heterocycles. The third-order valence-electron chi connectivity index (χ3n) is 1.40. The fourth-order valence-electron chi connectivity index (χ4n) is 0.824. The molecule has 5 N–H and O–H groups in total. The number of thioether (sulfide) groups is 1. The molecule has 11 heavy (non-hydrogen) atoms. The Bertz CT molecular complexity index is 249. The summed E-state index contributed by atoms with van der Waals surface area (Å²) in [6.45, 7) is 0. The first-order valence-electron chi connectivity index (χ1n) is 3.18. The number of rotatable bonds is 2. The van der Waals surface area contributed by atoms with Gasteiger partial charge in [0.05, 0.1) is 5.69 Å². The summed E-state index contributed by atoms with van der Waals surface area (Å²) >= 11 is 1.62. The fraction of sp³-hybridized carbons (Fsp3) is 0.143. The van der Waals surface area contributed by atoms with Crippen molar-refractivity contribution < 1.29 is 0 Å². The number of benzene rings is 1. The first-order valence-corrected chi connectivity index (χ1v) is 4.40. The molecule has 0 bridgehead atoms. The highest BCUT2D eigenvalue weighted by molar-refractivity contribution is 7.98. The van der Waals surface area contributed by atoms with Crippen LogP contribution in [0.3, 0.4) is 0 Å². The van der Waals surface area contributed by atoms with Crippen molar-refractivity contribution in [3.05, 3.63) is 18.2 Å². The summed E-state index contributed by atoms with van der Waals surface area (Å²) in [7, 11) is 0. The average Bonchev–Trinajstić information content (AvgIpc) is 2.04. The van der Waals surface area contributed by atoms with E-state index < -0.39 is 0 Å². The van der Waals surface area contributed by atoms with Gasteiger partial charge in [-0.1, -0.05) is 0 Å². The van der Waals surface area contributed by atoms with E-state index in [9.17, 15) is 0 Å². The van der Waals surface area contributed by atoms with Gasteiger partial charge < -0.3 is 11.2 Å². The topological polar surface area (TPSA) is 64.1 Å². The van der Waals surface area contributed by atoms with Gasteiger partial charge in [0.25, 0.3) is 0 Å². The molecule has 0 saturated heterocycles. The lowest BCUT2D eigenvalue weighted by Gasteiger charge is -2.04. The van der Waals surface area contributed by atoms with Crippen LogP contribution in [0, 0.1) is 0 Å². The number of hydrogen-bond acceptors (Lipinski definition) is 4. The Balaban J connectivity index is 2.99. The highest BCUT2D eigenvalue weighted by Crippen LogP contribution is 2.24. The fourth-order valence-corrected chi connectivity index (χ4v) is 1.32. The molecule has 0 spiro atoms. The van der Waals surface area contributed by atoms with Crippen LogP contribution in [0.1, 0.15) is 0 Å². The first kappa shape index (κ1) is 8.23. The summed E-state index contributed by atoms with van der Waals surface area (Å²) in [4.78, 5) is 1.07. The van der Waals surface area contributed by atoms with E-state index in [2.05, 4.69) is 5.43 Å². The van der Waals surface area contributed by atoms with Crippen LogP contribution < -0.4 is 17.0 Å². The number of nitrogen functional groups attached to an aromatic ring is 2. The summed E-state index contributed by atoms with van der Waals surface area (Å²) in [5.74, 6) is 5.20. The molecule has 60 valence electrons. The Kier molecular flexibility index (Phi) is 2.62. The monoisotopic (exact) mass is 169 g/mol. The van der Waals surface area contributed by atoms with Crippen LogP contribution in [-0.2, 0) is 0 Å². The Morgan fingerprint density at radius 3 is 2.64 bits per heavy atom. The molecule has 0 fully saturated rings. The molecule has 0 aliphatic heterocycles. The largest absolute Gasteiger partial charge is 0.398 e. The Morgan fingerprint density at radius 2 is 2.18 bits per heavy atom. The van der Waals surface area contributed by atoms with Crippen LogP contribution in [0.4, 0.5) is 11.4 Å². The Morgan fingerprint density at radius 1 is 1.45 bits per heavy atom. The molecule has 0 heterocycles. The molecular formula is C7H11N3S. The van der Waals surface area contributed by atoms with Crippen LogP contribution in [0.15, 0.2) is 23.1 Å². The van der Waals surface area contributed by atoms with E-state index in [0.29, 0.717) is 0 Å². The lowest BCUT2D eigenvalue weighted by Crippen LogP contribution is -2.06. The summed E-state index contributed by atoms with van der Waals surface area (Å²) in [5, 5.41) is 0. The summed E-state index contributed by atoms with van der Waals surface area (Å²) < 4.78 is 0. The second-order valence-corrected chi connectivity index (χ2v) is 2.95. The van der Waals surface area contributed by atoms with Gasteiger partial charge in [-0.3, -0.25) is 5.84 Å². The quantitative estimate of drug-likeness (QED) is 0.270. The predicted molar refractivity (Wildman–Crippen MR) is 50.4 cm³/mol. The number of nitrogens with one attached hydrogen (secondary N) is 1. The molecule has 0 unspecified atom stereocenters. The molecule has 0 aliphatic rings. The van der Waals surface area contributed by atoms with Crippen LogP contribution in [0.5, 0.6) is 0 Å². The zero-order valence-corrected chi connectivity index (χ0v) is 7.11. The minimum atomic E-state index is 0.757. The highest BCUT2D eigenvalue weighted by atomic mass is 32.2. The van der Waals surface area contributed by atoms with Gasteiger partial charge in [0.1, 0.15) is 0 Å². The molecule has 1 aromatic carbocycles. The van der Waals surface area contributed by atoms with Crippen molar-refractivity contribution in [1.29, 1.82) is 0 Å². The van der Waals surface area contributed by atoms with E-state index in [4.69, 9.17) is 11.6 Å². The van der Waals surface area contributed by atoms with E-state index in [-0.39, 0.29) is 0 Å². The van der Waals surface area contributed by atoms with Crippen molar-refractivity contribution in [2.75, 3.05) is 17.4 Å². The summed E-state index contributed by atoms with van der Waals surface area (Å²) in [6.07, 6.45) is 1.99. The maximum atomic E-state index is 5.69. The molecule has 0 atom stereocenters. The number of nitrogens with two attached hydrogens (primary N) is 2. The molecular weight excluding hydrogens is 158 g/mol. The van der Waals surface area contributed by atoms with Crippen molar-refractivity contribution >= 4 is 23.1 Å². The van der Waals surface area contributed by atoms with Gasteiger partial charge in [-0.25, -0.2) is 0 Å². The lowest BCUT2D eigenvalue weighted by atomic mass is 10.3. The first-order chi connectivity index (χ1) is 5.27. The lowest BCUT2D eigenvalue weighted by molar-refractivity contribution is 1.33. The van der Waals surface area contributed by atoms with Crippen molar-refractivity contribution in [2.24, 2.45) is 5.84 Å². The normalized spacial score (nSPS) is 9.64. The summed E-state index contributed by atoms with van der Waals surface area (Å²) in [5.41, 5.74) is 9.81. The van der Waals surface area contributed by atoms with Gasteiger partial charge in [0.15, 0.2) is 0 Å². The smallest absolute Gasteiger partial charge is 0.0506 e. The third kappa shape index (κ3) is 1.78. The van der Waals surface area contributed by atoms with Gasteiger partial charge in [-0.15, -0.1) is 11.8 Å². The van der Waals surface area contributed by atoms with Crippen molar-refractivity contribution in [3.8, 4) is 0 Å². The van der Waals surface area contributed by atoms with Crippen LogP contribution in [0.2, 0.25) is 0 Å². The maximum Gasteiger partial charge on any atom is 0.0506 e. The van der Waals surface area contributed by atoms with E-state index >= 15 is 0 Å². The molecule has 3 nitrogen and oxygen atoms in total. The molecule has 0 radical (unpaired) electrons. The van der Waals surface area contributed by atoms with E-state index in [1.807, 2.05) is 24.5 Å². The van der Waals surface area contributed by atoms with E-state index in [1.165, 1.54) is 0 Å². The Hall–Kier alpha value is -0.870. The standard InChI is InChI=1S/C7H11N3S/c1-11-7-3-2-5(10-9)4-6(7)8/h2-4,10H,8-9H2,1H3. The van der Waals surface area contributed by atoms with E-state index in [1.54, 1.807) is 11.8 Å². The SMILES string of the molecule is CSc1ccc(NN)cc1N. The third-order valence-corrected chi connectivity index (χ3v) is 2.21. The maximum absolute atomic E-state index is 5.69. The van der Waals surface area contributed by atoms with Gasteiger partial charge in [0, 0.05) is 10.6 Å². The van der Waals surface area contributed by atoms with Gasteiger partial charge in [-0.2, -0.15) is 0 Å². The second kappa shape index (κ2) is 3.50. The zero-order chi connectivity index (χ0) is 8.27. The molecule has 0 saturated carbocycles. The average molecular weight is 169 g/mol. The van der Waals surface area contributed by atoms with Crippen LogP contribution in [-0.4, -0.2) is 6.26 Å². The number of hydrazine groups is 1. The molecule has 1 aromatic rings. The zero-order valence-electron chi connectivity index (χ0n) is 6.29. The van der Waals surface area contributed by atoms with Gasteiger partial charge in [0.2, 0.25) is 0 Å². The highest BCUT2D eigenvalue weighted by Gasteiger charge is 1.96.